The molecule has 0 radical (unpaired) electrons. The Balaban J connectivity index is 1.64. The summed E-state index contributed by atoms with van der Waals surface area (Å²) in [4.78, 5) is 16.3. The predicted molar refractivity (Wildman–Crippen MR) is 94.3 cm³/mol. The van der Waals surface area contributed by atoms with E-state index in [9.17, 15) is 9.18 Å². The van der Waals surface area contributed by atoms with Crippen molar-refractivity contribution < 1.29 is 9.18 Å². The van der Waals surface area contributed by atoms with Gasteiger partial charge in [0.05, 0.1) is 5.75 Å². The zero-order valence-electron chi connectivity index (χ0n) is 12.4. The molecular weight excluding hydrogens is 349 g/mol. The third-order valence-electron chi connectivity index (χ3n) is 3.15. The van der Waals surface area contributed by atoms with E-state index >= 15 is 0 Å². The summed E-state index contributed by atoms with van der Waals surface area (Å²) in [5.74, 6) is -0.448. The van der Waals surface area contributed by atoms with Gasteiger partial charge >= 0.3 is 0 Å². The maximum absolute atomic E-state index is 13.1. The summed E-state index contributed by atoms with van der Waals surface area (Å²) >= 11 is 7.19. The molecule has 0 saturated carbocycles. The number of nitrogens with one attached hydrogen (secondary N) is 1. The Morgan fingerprint density at radius 2 is 2.04 bits per heavy atom. The van der Waals surface area contributed by atoms with Gasteiger partial charge in [-0.15, -0.1) is 0 Å². The van der Waals surface area contributed by atoms with Crippen LogP contribution in [0.1, 0.15) is 0 Å². The van der Waals surface area contributed by atoms with E-state index < -0.39 is 5.82 Å². The molecule has 0 aliphatic heterocycles. The number of aromatic nitrogens is 2. The van der Waals surface area contributed by atoms with Crippen molar-refractivity contribution in [2.45, 2.75) is 5.16 Å². The highest BCUT2D eigenvalue weighted by atomic mass is 35.5. The number of amides is 1. The molecule has 24 heavy (non-hydrogen) atoms. The van der Waals surface area contributed by atoms with Gasteiger partial charge in [-0.3, -0.25) is 9.36 Å². The Kier molecular flexibility index (Phi) is 5.17. The lowest BCUT2D eigenvalue weighted by Crippen LogP contribution is -2.14. The molecule has 2 aromatic carbocycles. The molecule has 0 unspecified atom stereocenters. The first-order chi connectivity index (χ1) is 11.6. The molecule has 3 rings (SSSR count). The number of rotatable bonds is 5. The topological polar surface area (TPSA) is 46.9 Å². The maximum atomic E-state index is 13.1. The second-order valence-corrected chi connectivity index (χ2v) is 6.28. The first-order valence-corrected chi connectivity index (χ1v) is 8.46. The number of halogens is 2. The summed E-state index contributed by atoms with van der Waals surface area (Å²) in [6.45, 7) is 0. The number of imidazole rings is 1. The molecule has 0 spiro atoms. The number of carbonyl (C=O) groups is 1. The molecule has 0 aliphatic rings. The lowest BCUT2D eigenvalue weighted by Gasteiger charge is -2.08. The van der Waals surface area contributed by atoms with E-state index in [1.54, 1.807) is 30.5 Å². The van der Waals surface area contributed by atoms with Gasteiger partial charge in [0.2, 0.25) is 5.91 Å². The summed E-state index contributed by atoms with van der Waals surface area (Å²) in [6.07, 6.45) is 3.48. The van der Waals surface area contributed by atoms with Gasteiger partial charge in [0.15, 0.2) is 5.16 Å². The zero-order valence-corrected chi connectivity index (χ0v) is 14.0. The van der Waals surface area contributed by atoms with Crippen molar-refractivity contribution in [2.75, 3.05) is 11.1 Å². The van der Waals surface area contributed by atoms with E-state index in [2.05, 4.69) is 10.3 Å². The molecule has 0 atom stereocenters. The molecule has 3 aromatic rings. The second kappa shape index (κ2) is 7.51. The number of carbonyl (C=O) groups excluding carboxylic acids is 1. The van der Waals surface area contributed by atoms with Gasteiger partial charge in [0, 0.05) is 28.8 Å². The molecule has 4 nitrogen and oxygen atoms in total. The van der Waals surface area contributed by atoms with Crippen LogP contribution in [0, 0.1) is 5.82 Å². The molecule has 0 fully saturated rings. The number of anilines is 1. The van der Waals surface area contributed by atoms with Gasteiger partial charge in [-0.2, -0.15) is 0 Å². The first kappa shape index (κ1) is 16.5. The lowest BCUT2D eigenvalue weighted by molar-refractivity contribution is -0.113. The highest BCUT2D eigenvalue weighted by Crippen LogP contribution is 2.22. The fourth-order valence-electron chi connectivity index (χ4n) is 2.09. The van der Waals surface area contributed by atoms with E-state index in [0.717, 1.165) is 5.69 Å². The first-order valence-electron chi connectivity index (χ1n) is 7.09. The van der Waals surface area contributed by atoms with Crippen LogP contribution < -0.4 is 5.32 Å². The summed E-state index contributed by atoms with van der Waals surface area (Å²) in [6, 6.07) is 13.1. The molecule has 1 N–H and O–H groups in total. The van der Waals surface area contributed by atoms with Gasteiger partial charge in [-0.05, 0) is 42.5 Å². The minimum absolute atomic E-state index is 0.168. The number of benzene rings is 2. The van der Waals surface area contributed by atoms with E-state index in [1.165, 1.54) is 23.9 Å². The summed E-state index contributed by atoms with van der Waals surface area (Å²) in [5, 5.41) is 4.00. The molecule has 0 bridgehead atoms. The predicted octanol–water partition coefficient (Wildman–Crippen LogP) is 4.40. The van der Waals surface area contributed by atoms with E-state index in [-0.39, 0.29) is 11.7 Å². The quantitative estimate of drug-likeness (QED) is 0.685. The molecule has 1 heterocycles. The normalized spacial score (nSPS) is 10.6. The van der Waals surface area contributed by atoms with Crippen molar-refractivity contribution in [1.29, 1.82) is 0 Å². The largest absolute Gasteiger partial charge is 0.325 e. The fourth-order valence-corrected chi connectivity index (χ4v) is 2.99. The highest BCUT2D eigenvalue weighted by molar-refractivity contribution is 7.99. The van der Waals surface area contributed by atoms with Crippen LogP contribution in [-0.2, 0) is 4.79 Å². The van der Waals surface area contributed by atoms with Crippen LogP contribution in [0.15, 0.2) is 66.1 Å². The Hall–Kier alpha value is -2.31. The van der Waals surface area contributed by atoms with Gasteiger partial charge in [0.25, 0.3) is 0 Å². The van der Waals surface area contributed by atoms with Gasteiger partial charge < -0.3 is 5.32 Å². The molecule has 122 valence electrons. The molecule has 0 saturated heterocycles. The van der Waals surface area contributed by atoms with Crippen molar-refractivity contribution in [3.63, 3.8) is 0 Å². The third-order valence-corrected chi connectivity index (χ3v) is 4.37. The highest BCUT2D eigenvalue weighted by Gasteiger charge is 2.09. The Morgan fingerprint density at radius 1 is 1.25 bits per heavy atom. The van der Waals surface area contributed by atoms with Crippen molar-refractivity contribution in [3.05, 3.63) is 71.8 Å². The monoisotopic (exact) mass is 361 g/mol. The van der Waals surface area contributed by atoms with Crippen LogP contribution in [0.5, 0.6) is 0 Å². The molecular formula is C17H13ClFN3OS. The fraction of sp³-hybridized carbons (Fsp3) is 0.0588. The van der Waals surface area contributed by atoms with E-state index in [0.29, 0.717) is 15.9 Å². The molecule has 1 amide bonds. The van der Waals surface area contributed by atoms with Gasteiger partial charge in [-0.1, -0.05) is 29.4 Å². The molecule has 1 aromatic heterocycles. The number of thioether (sulfide) groups is 1. The van der Waals surface area contributed by atoms with Crippen LogP contribution in [0.25, 0.3) is 5.69 Å². The Bertz CT molecular complexity index is 851. The Morgan fingerprint density at radius 3 is 2.79 bits per heavy atom. The summed E-state index contributed by atoms with van der Waals surface area (Å²) in [7, 11) is 0. The lowest BCUT2D eigenvalue weighted by atomic mass is 10.3. The number of nitrogens with zero attached hydrogens (tertiary/aromatic N) is 2. The van der Waals surface area contributed by atoms with Crippen LogP contribution in [0.4, 0.5) is 10.1 Å². The van der Waals surface area contributed by atoms with Gasteiger partial charge in [0.1, 0.15) is 5.82 Å². The molecule has 7 heteroatoms. The average Bonchev–Trinajstić information content (AvgIpc) is 3.02. The van der Waals surface area contributed by atoms with Crippen LogP contribution in [-0.4, -0.2) is 21.2 Å². The third kappa shape index (κ3) is 4.15. The standard InChI is InChI=1S/C17H13ClFN3OS/c18-12-4-6-15(7-5-12)22-9-8-20-17(22)24-11-16(23)21-14-3-1-2-13(19)10-14/h1-10H,11H2,(H,21,23). The van der Waals surface area contributed by atoms with E-state index in [1.807, 2.05) is 22.9 Å². The second-order valence-electron chi connectivity index (χ2n) is 4.90. The van der Waals surface area contributed by atoms with Gasteiger partial charge in [-0.25, -0.2) is 9.37 Å². The Labute approximate surface area is 147 Å². The van der Waals surface area contributed by atoms with Crippen LogP contribution in [0.3, 0.4) is 0 Å². The summed E-state index contributed by atoms with van der Waals surface area (Å²) in [5.41, 5.74) is 1.34. The number of hydrogen-bond donors (Lipinski definition) is 1. The van der Waals surface area contributed by atoms with Crippen molar-refractivity contribution in [2.24, 2.45) is 0 Å². The molecule has 0 aliphatic carbocycles. The van der Waals surface area contributed by atoms with Crippen LogP contribution in [0.2, 0.25) is 5.02 Å². The SMILES string of the molecule is O=C(CSc1nccn1-c1ccc(Cl)cc1)Nc1cccc(F)c1. The van der Waals surface area contributed by atoms with E-state index in [4.69, 9.17) is 11.6 Å². The summed E-state index contributed by atoms with van der Waals surface area (Å²) < 4.78 is 15.0. The number of hydrogen-bond acceptors (Lipinski definition) is 3. The van der Waals surface area contributed by atoms with Crippen molar-refractivity contribution in [3.8, 4) is 5.69 Å². The zero-order chi connectivity index (χ0) is 16.9. The van der Waals surface area contributed by atoms with Crippen molar-refractivity contribution in [1.82, 2.24) is 9.55 Å². The maximum Gasteiger partial charge on any atom is 0.234 e. The minimum Gasteiger partial charge on any atom is -0.325 e. The average molecular weight is 362 g/mol. The minimum atomic E-state index is -0.390. The smallest absolute Gasteiger partial charge is 0.234 e. The van der Waals surface area contributed by atoms with Crippen molar-refractivity contribution >= 4 is 35.0 Å². The van der Waals surface area contributed by atoms with Crippen LogP contribution >= 0.6 is 23.4 Å².